The predicted molar refractivity (Wildman–Crippen MR) is 92.7 cm³/mol. The van der Waals surface area contributed by atoms with Gasteiger partial charge in [0.2, 0.25) is 5.91 Å². The van der Waals surface area contributed by atoms with Gasteiger partial charge in [-0.2, -0.15) is 0 Å². The average Bonchev–Trinajstić information content (AvgIpc) is 2.51. The summed E-state index contributed by atoms with van der Waals surface area (Å²) in [5.74, 6) is 1.22. The quantitative estimate of drug-likeness (QED) is 0.853. The fourth-order valence-corrected chi connectivity index (χ4v) is 2.28. The van der Waals surface area contributed by atoms with Crippen LogP contribution in [0, 0.1) is 13.8 Å². The Kier molecular flexibility index (Phi) is 5.88. The molecule has 0 saturated heterocycles. The highest BCUT2D eigenvalue weighted by Gasteiger charge is 2.09. The fraction of sp³-hybridized carbons (Fsp3) is 0.278. The van der Waals surface area contributed by atoms with Crippen LogP contribution in [0.3, 0.4) is 0 Å². The fourth-order valence-electron chi connectivity index (χ4n) is 2.11. The van der Waals surface area contributed by atoms with E-state index in [2.05, 4.69) is 5.32 Å². The summed E-state index contributed by atoms with van der Waals surface area (Å²) < 4.78 is 10.9. The molecule has 0 unspecified atom stereocenters. The van der Waals surface area contributed by atoms with Crippen molar-refractivity contribution >= 4 is 23.2 Å². The SMILES string of the molecule is COc1ccc(Cl)cc1NC(=O)CCOc1cc(C)ccc1C. The van der Waals surface area contributed by atoms with E-state index in [1.807, 2.05) is 32.0 Å². The summed E-state index contributed by atoms with van der Waals surface area (Å²) in [5.41, 5.74) is 2.72. The van der Waals surface area contributed by atoms with Gasteiger partial charge >= 0.3 is 0 Å². The lowest BCUT2D eigenvalue weighted by molar-refractivity contribution is -0.116. The van der Waals surface area contributed by atoms with Crippen LogP contribution in [0.5, 0.6) is 11.5 Å². The maximum absolute atomic E-state index is 12.0. The molecule has 2 aromatic rings. The number of halogens is 1. The van der Waals surface area contributed by atoms with E-state index in [1.54, 1.807) is 25.3 Å². The van der Waals surface area contributed by atoms with Crippen molar-refractivity contribution in [1.29, 1.82) is 0 Å². The molecule has 0 heterocycles. The van der Waals surface area contributed by atoms with E-state index in [9.17, 15) is 4.79 Å². The number of rotatable bonds is 6. The monoisotopic (exact) mass is 333 g/mol. The van der Waals surface area contributed by atoms with Gasteiger partial charge in [0.25, 0.3) is 0 Å². The van der Waals surface area contributed by atoms with Gasteiger partial charge in [0.1, 0.15) is 11.5 Å². The van der Waals surface area contributed by atoms with Gasteiger partial charge in [-0.05, 0) is 49.2 Å². The van der Waals surface area contributed by atoms with Gasteiger partial charge in [-0.25, -0.2) is 0 Å². The summed E-state index contributed by atoms with van der Waals surface area (Å²) in [5, 5.41) is 3.32. The minimum Gasteiger partial charge on any atom is -0.495 e. The standard InChI is InChI=1S/C18H20ClNO3/c1-12-4-5-13(2)17(10-12)23-9-8-18(21)20-15-11-14(19)6-7-16(15)22-3/h4-7,10-11H,8-9H2,1-3H3,(H,20,21). The lowest BCUT2D eigenvalue weighted by Crippen LogP contribution is -2.16. The number of methoxy groups -OCH3 is 1. The zero-order chi connectivity index (χ0) is 16.8. The van der Waals surface area contributed by atoms with Crippen molar-refractivity contribution in [2.45, 2.75) is 20.3 Å². The Morgan fingerprint density at radius 2 is 1.91 bits per heavy atom. The predicted octanol–water partition coefficient (Wildman–Crippen LogP) is 4.37. The van der Waals surface area contributed by atoms with Gasteiger partial charge in [-0.3, -0.25) is 4.79 Å². The molecule has 4 nitrogen and oxygen atoms in total. The van der Waals surface area contributed by atoms with Crippen LogP contribution in [-0.4, -0.2) is 19.6 Å². The number of hydrogen-bond acceptors (Lipinski definition) is 3. The third-order valence-electron chi connectivity index (χ3n) is 3.37. The molecule has 1 amide bonds. The molecule has 0 aliphatic heterocycles. The number of benzene rings is 2. The first-order chi connectivity index (χ1) is 11.0. The van der Waals surface area contributed by atoms with Crippen LogP contribution in [0.1, 0.15) is 17.5 Å². The van der Waals surface area contributed by atoms with Crippen LogP contribution >= 0.6 is 11.6 Å². The molecule has 2 rings (SSSR count). The first-order valence-electron chi connectivity index (χ1n) is 7.33. The Bertz CT molecular complexity index is 701. The molecule has 23 heavy (non-hydrogen) atoms. The molecule has 122 valence electrons. The third-order valence-corrected chi connectivity index (χ3v) is 3.60. The van der Waals surface area contributed by atoms with Crippen LogP contribution < -0.4 is 14.8 Å². The summed E-state index contributed by atoms with van der Waals surface area (Å²) in [6, 6.07) is 11.1. The highest BCUT2D eigenvalue weighted by atomic mass is 35.5. The van der Waals surface area contributed by atoms with E-state index < -0.39 is 0 Å². The number of anilines is 1. The molecule has 0 aliphatic carbocycles. The van der Waals surface area contributed by atoms with Gasteiger partial charge in [-0.15, -0.1) is 0 Å². The van der Waals surface area contributed by atoms with Gasteiger partial charge in [0.15, 0.2) is 0 Å². The van der Waals surface area contributed by atoms with Gasteiger partial charge in [0.05, 0.1) is 25.8 Å². The second kappa shape index (κ2) is 7.88. The van der Waals surface area contributed by atoms with Crippen molar-refractivity contribution in [1.82, 2.24) is 0 Å². The Morgan fingerprint density at radius 1 is 1.13 bits per heavy atom. The largest absolute Gasteiger partial charge is 0.495 e. The van der Waals surface area contributed by atoms with Crippen LogP contribution in [0.2, 0.25) is 5.02 Å². The molecule has 0 atom stereocenters. The van der Waals surface area contributed by atoms with Crippen LogP contribution in [0.25, 0.3) is 0 Å². The van der Waals surface area contributed by atoms with Crippen molar-refractivity contribution in [3.8, 4) is 11.5 Å². The van der Waals surface area contributed by atoms with Crippen molar-refractivity contribution in [2.75, 3.05) is 19.0 Å². The van der Waals surface area contributed by atoms with Crippen molar-refractivity contribution in [3.63, 3.8) is 0 Å². The minimum atomic E-state index is -0.157. The normalized spacial score (nSPS) is 10.3. The van der Waals surface area contributed by atoms with E-state index in [4.69, 9.17) is 21.1 Å². The molecule has 5 heteroatoms. The number of amides is 1. The van der Waals surface area contributed by atoms with E-state index in [0.29, 0.717) is 23.1 Å². The molecule has 0 fully saturated rings. The molecular formula is C18H20ClNO3. The first kappa shape index (κ1) is 17.2. The summed E-state index contributed by atoms with van der Waals surface area (Å²) >= 11 is 5.94. The average molecular weight is 334 g/mol. The van der Waals surface area contributed by atoms with Gasteiger partial charge in [-0.1, -0.05) is 23.7 Å². The zero-order valence-electron chi connectivity index (χ0n) is 13.5. The lowest BCUT2D eigenvalue weighted by atomic mass is 10.1. The number of hydrogen-bond donors (Lipinski definition) is 1. The van der Waals surface area contributed by atoms with E-state index >= 15 is 0 Å². The molecule has 1 N–H and O–H groups in total. The number of ether oxygens (including phenoxy) is 2. The molecule has 2 aromatic carbocycles. The highest BCUT2D eigenvalue weighted by Crippen LogP contribution is 2.27. The summed E-state index contributed by atoms with van der Waals surface area (Å²) in [7, 11) is 1.54. The number of aryl methyl sites for hydroxylation is 2. The summed E-state index contributed by atoms with van der Waals surface area (Å²) in [6.07, 6.45) is 0.239. The highest BCUT2D eigenvalue weighted by molar-refractivity contribution is 6.31. The first-order valence-corrected chi connectivity index (χ1v) is 7.71. The van der Waals surface area contributed by atoms with Crippen molar-refractivity contribution in [2.24, 2.45) is 0 Å². The molecule has 0 bridgehead atoms. The summed E-state index contributed by atoms with van der Waals surface area (Å²) in [6.45, 7) is 4.29. The molecule has 0 aromatic heterocycles. The number of carbonyl (C=O) groups excluding carboxylic acids is 1. The molecule has 0 aliphatic rings. The Balaban J connectivity index is 1.91. The topological polar surface area (TPSA) is 47.6 Å². The molecule has 0 spiro atoms. The smallest absolute Gasteiger partial charge is 0.227 e. The van der Waals surface area contributed by atoms with Gasteiger partial charge < -0.3 is 14.8 Å². The number of nitrogens with one attached hydrogen (secondary N) is 1. The minimum absolute atomic E-state index is 0.157. The molecule has 0 saturated carbocycles. The maximum atomic E-state index is 12.0. The second-order valence-electron chi connectivity index (χ2n) is 5.26. The Hall–Kier alpha value is -2.20. The number of carbonyl (C=O) groups is 1. The van der Waals surface area contributed by atoms with E-state index in [0.717, 1.165) is 16.9 Å². The Labute approximate surface area is 141 Å². The van der Waals surface area contributed by atoms with Crippen molar-refractivity contribution in [3.05, 3.63) is 52.5 Å². The second-order valence-corrected chi connectivity index (χ2v) is 5.70. The van der Waals surface area contributed by atoms with Crippen molar-refractivity contribution < 1.29 is 14.3 Å². The zero-order valence-corrected chi connectivity index (χ0v) is 14.2. The molecular weight excluding hydrogens is 314 g/mol. The third kappa shape index (κ3) is 4.89. The van der Waals surface area contributed by atoms with E-state index in [1.165, 1.54) is 0 Å². The van der Waals surface area contributed by atoms with Crippen LogP contribution in [0.15, 0.2) is 36.4 Å². The van der Waals surface area contributed by atoms with Gasteiger partial charge in [0, 0.05) is 5.02 Å². The van der Waals surface area contributed by atoms with Crippen LogP contribution in [-0.2, 0) is 4.79 Å². The van der Waals surface area contributed by atoms with E-state index in [-0.39, 0.29) is 12.3 Å². The molecule has 0 radical (unpaired) electrons. The Morgan fingerprint density at radius 3 is 2.65 bits per heavy atom. The summed E-state index contributed by atoms with van der Waals surface area (Å²) in [4.78, 5) is 12.0. The maximum Gasteiger partial charge on any atom is 0.227 e. The lowest BCUT2D eigenvalue weighted by Gasteiger charge is -2.12. The van der Waals surface area contributed by atoms with Crippen LogP contribution in [0.4, 0.5) is 5.69 Å².